The molecule has 2 rings (SSSR count). The lowest BCUT2D eigenvalue weighted by Gasteiger charge is -2.40. The SMILES string of the molecule is CC1(C)CN(C(=O)N(CCC(=O)O)C2CC2)CCO1. The van der Waals surface area contributed by atoms with Crippen LogP contribution in [0.5, 0.6) is 0 Å². The number of carboxylic acids is 1. The lowest BCUT2D eigenvalue weighted by atomic mass is 10.1. The van der Waals surface area contributed by atoms with E-state index in [1.165, 1.54) is 0 Å². The summed E-state index contributed by atoms with van der Waals surface area (Å²) in [5.74, 6) is -0.860. The minimum atomic E-state index is -0.860. The van der Waals surface area contributed by atoms with Gasteiger partial charge < -0.3 is 19.6 Å². The highest BCUT2D eigenvalue weighted by Crippen LogP contribution is 2.29. The van der Waals surface area contributed by atoms with Crippen LogP contribution in [0.4, 0.5) is 4.79 Å². The Morgan fingerprint density at radius 2 is 2.11 bits per heavy atom. The van der Waals surface area contributed by atoms with E-state index in [-0.39, 0.29) is 24.1 Å². The summed E-state index contributed by atoms with van der Waals surface area (Å²) in [6, 6.07) is 0.193. The van der Waals surface area contributed by atoms with Gasteiger partial charge in [0.2, 0.25) is 0 Å². The number of carboxylic acid groups (broad SMARTS) is 1. The van der Waals surface area contributed by atoms with Gasteiger partial charge in [0.1, 0.15) is 0 Å². The third-order valence-corrected chi connectivity index (χ3v) is 3.50. The number of rotatable bonds is 4. The molecular weight excluding hydrogens is 248 g/mol. The molecule has 0 aromatic rings. The Labute approximate surface area is 113 Å². The molecule has 2 amide bonds. The van der Waals surface area contributed by atoms with Crippen LogP contribution in [0, 0.1) is 0 Å². The lowest BCUT2D eigenvalue weighted by Crippen LogP contribution is -2.55. The molecule has 0 bridgehead atoms. The number of urea groups is 1. The van der Waals surface area contributed by atoms with Gasteiger partial charge in [-0.1, -0.05) is 0 Å². The lowest BCUT2D eigenvalue weighted by molar-refractivity contribution is -0.137. The molecule has 1 saturated heterocycles. The molecule has 2 aliphatic rings. The zero-order valence-electron chi connectivity index (χ0n) is 11.6. The van der Waals surface area contributed by atoms with Crippen molar-refractivity contribution >= 4 is 12.0 Å². The molecule has 1 saturated carbocycles. The van der Waals surface area contributed by atoms with E-state index in [1.807, 2.05) is 13.8 Å². The van der Waals surface area contributed by atoms with Crippen molar-refractivity contribution in [1.82, 2.24) is 9.80 Å². The molecule has 6 heteroatoms. The van der Waals surface area contributed by atoms with Gasteiger partial charge in [-0.05, 0) is 26.7 Å². The third kappa shape index (κ3) is 3.83. The molecule has 0 atom stereocenters. The van der Waals surface area contributed by atoms with Gasteiger partial charge in [-0.2, -0.15) is 0 Å². The largest absolute Gasteiger partial charge is 0.481 e. The van der Waals surface area contributed by atoms with Crippen molar-refractivity contribution < 1.29 is 19.4 Å². The Balaban J connectivity index is 1.96. The minimum absolute atomic E-state index is 0.00989. The predicted octanol–water partition coefficient (Wildman–Crippen LogP) is 1.16. The van der Waals surface area contributed by atoms with E-state index in [0.29, 0.717) is 26.2 Å². The molecule has 19 heavy (non-hydrogen) atoms. The number of aliphatic carboxylic acids is 1. The summed E-state index contributed by atoms with van der Waals surface area (Å²) in [5, 5.41) is 8.77. The van der Waals surface area contributed by atoms with Crippen molar-refractivity contribution in [3.05, 3.63) is 0 Å². The summed E-state index contributed by atoms with van der Waals surface area (Å²) in [5.41, 5.74) is -0.323. The summed E-state index contributed by atoms with van der Waals surface area (Å²) in [4.78, 5) is 26.7. The number of amides is 2. The Morgan fingerprint density at radius 1 is 1.42 bits per heavy atom. The first-order chi connectivity index (χ1) is 8.89. The van der Waals surface area contributed by atoms with E-state index in [1.54, 1.807) is 9.80 Å². The molecule has 108 valence electrons. The number of nitrogens with zero attached hydrogens (tertiary/aromatic N) is 2. The summed E-state index contributed by atoms with van der Waals surface area (Å²) < 4.78 is 5.59. The quantitative estimate of drug-likeness (QED) is 0.832. The van der Waals surface area contributed by atoms with Crippen LogP contribution in [0.15, 0.2) is 0 Å². The zero-order valence-corrected chi connectivity index (χ0v) is 11.6. The molecule has 6 nitrogen and oxygen atoms in total. The third-order valence-electron chi connectivity index (χ3n) is 3.50. The topological polar surface area (TPSA) is 70.1 Å². The molecule has 2 fully saturated rings. The van der Waals surface area contributed by atoms with Crippen LogP contribution in [0.25, 0.3) is 0 Å². The van der Waals surface area contributed by atoms with Crippen molar-refractivity contribution in [2.24, 2.45) is 0 Å². The van der Waals surface area contributed by atoms with Crippen molar-refractivity contribution in [2.45, 2.75) is 44.8 Å². The standard InChI is InChI=1S/C13H22N2O4/c1-13(2)9-14(7-8-19-13)12(18)15(10-3-4-10)6-5-11(16)17/h10H,3-9H2,1-2H3,(H,16,17). The molecule has 0 aromatic heterocycles. The molecule has 0 unspecified atom stereocenters. The Kier molecular flexibility index (Phi) is 3.99. The van der Waals surface area contributed by atoms with Gasteiger partial charge in [0, 0.05) is 19.1 Å². The van der Waals surface area contributed by atoms with E-state index < -0.39 is 5.97 Å². The summed E-state index contributed by atoms with van der Waals surface area (Å²) in [6.07, 6.45) is 1.98. The summed E-state index contributed by atoms with van der Waals surface area (Å²) >= 11 is 0. The fourth-order valence-electron chi connectivity index (χ4n) is 2.40. The second-order valence-corrected chi connectivity index (χ2v) is 5.88. The maximum Gasteiger partial charge on any atom is 0.320 e. The van der Waals surface area contributed by atoms with Crippen LogP contribution in [-0.4, -0.2) is 64.8 Å². The van der Waals surface area contributed by atoms with E-state index in [4.69, 9.17) is 9.84 Å². The van der Waals surface area contributed by atoms with Gasteiger partial charge >= 0.3 is 12.0 Å². The maximum absolute atomic E-state index is 12.5. The molecule has 1 aliphatic carbocycles. The highest BCUT2D eigenvalue weighted by Gasteiger charge is 2.38. The average molecular weight is 270 g/mol. The van der Waals surface area contributed by atoms with Crippen LogP contribution >= 0.6 is 0 Å². The monoisotopic (exact) mass is 270 g/mol. The van der Waals surface area contributed by atoms with Gasteiger partial charge in [0.25, 0.3) is 0 Å². The van der Waals surface area contributed by atoms with E-state index in [9.17, 15) is 9.59 Å². The number of hydrogen-bond donors (Lipinski definition) is 1. The average Bonchev–Trinajstić information content (AvgIpc) is 3.11. The molecule has 1 aliphatic heterocycles. The molecular formula is C13H22N2O4. The second-order valence-electron chi connectivity index (χ2n) is 5.88. The van der Waals surface area contributed by atoms with Crippen LogP contribution in [0.1, 0.15) is 33.1 Å². The van der Waals surface area contributed by atoms with Gasteiger partial charge in [-0.3, -0.25) is 4.79 Å². The predicted molar refractivity (Wildman–Crippen MR) is 69.0 cm³/mol. The van der Waals surface area contributed by atoms with E-state index in [2.05, 4.69) is 0 Å². The van der Waals surface area contributed by atoms with Crippen LogP contribution in [-0.2, 0) is 9.53 Å². The van der Waals surface area contributed by atoms with E-state index >= 15 is 0 Å². The molecule has 1 N–H and O–H groups in total. The smallest absolute Gasteiger partial charge is 0.320 e. The minimum Gasteiger partial charge on any atom is -0.481 e. The van der Waals surface area contributed by atoms with Gasteiger partial charge in [-0.25, -0.2) is 4.79 Å². The Hall–Kier alpha value is -1.30. The van der Waals surface area contributed by atoms with Crippen LogP contribution in [0.2, 0.25) is 0 Å². The van der Waals surface area contributed by atoms with Gasteiger partial charge in [-0.15, -0.1) is 0 Å². The normalized spacial score (nSPS) is 22.1. The highest BCUT2D eigenvalue weighted by atomic mass is 16.5. The van der Waals surface area contributed by atoms with Crippen LogP contribution in [0.3, 0.4) is 0 Å². The molecule has 0 radical (unpaired) electrons. The van der Waals surface area contributed by atoms with Crippen molar-refractivity contribution in [2.75, 3.05) is 26.2 Å². The summed E-state index contributed by atoms with van der Waals surface area (Å²) in [6.45, 7) is 5.91. The highest BCUT2D eigenvalue weighted by molar-refractivity contribution is 5.76. The van der Waals surface area contributed by atoms with Crippen molar-refractivity contribution in [1.29, 1.82) is 0 Å². The molecule has 0 spiro atoms. The number of carbonyl (C=O) groups excluding carboxylic acids is 1. The first kappa shape index (κ1) is 14.1. The zero-order chi connectivity index (χ0) is 14.0. The van der Waals surface area contributed by atoms with Crippen molar-refractivity contribution in [3.8, 4) is 0 Å². The molecule has 0 aromatic carbocycles. The second kappa shape index (κ2) is 5.36. The Bertz CT molecular complexity index is 366. The number of carbonyl (C=O) groups is 2. The fourth-order valence-corrected chi connectivity index (χ4v) is 2.40. The molecule has 1 heterocycles. The van der Waals surface area contributed by atoms with Gasteiger partial charge in [0.15, 0.2) is 0 Å². The first-order valence-electron chi connectivity index (χ1n) is 6.80. The number of hydrogen-bond acceptors (Lipinski definition) is 3. The maximum atomic E-state index is 12.5. The van der Waals surface area contributed by atoms with Crippen molar-refractivity contribution in [3.63, 3.8) is 0 Å². The van der Waals surface area contributed by atoms with Crippen LogP contribution < -0.4 is 0 Å². The van der Waals surface area contributed by atoms with E-state index in [0.717, 1.165) is 12.8 Å². The summed E-state index contributed by atoms with van der Waals surface area (Å²) in [7, 11) is 0. The number of ether oxygens (including phenoxy) is 1. The number of morpholine rings is 1. The Morgan fingerprint density at radius 3 is 2.63 bits per heavy atom. The fraction of sp³-hybridized carbons (Fsp3) is 0.846. The van der Waals surface area contributed by atoms with Gasteiger partial charge in [0.05, 0.1) is 25.2 Å². The first-order valence-corrected chi connectivity index (χ1v) is 6.80.